The third-order valence-electron chi connectivity index (χ3n) is 2.95. The van der Waals surface area contributed by atoms with E-state index >= 15 is 0 Å². The van der Waals surface area contributed by atoms with Crippen molar-refractivity contribution in [1.29, 1.82) is 0 Å². The van der Waals surface area contributed by atoms with Gasteiger partial charge in [0.2, 0.25) is 16.8 Å². The van der Waals surface area contributed by atoms with Crippen molar-refractivity contribution in [3.63, 3.8) is 0 Å². The van der Waals surface area contributed by atoms with E-state index < -0.39 is 11.2 Å². The molecular formula is C13H8FNO4. The predicted molar refractivity (Wildman–Crippen MR) is 64.4 cm³/mol. The number of rotatable bonds is 0. The van der Waals surface area contributed by atoms with Crippen LogP contribution in [0.4, 0.5) is 4.39 Å². The van der Waals surface area contributed by atoms with E-state index in [2.05, 4.69) is 0 Å². The number of phenols is 1. The van der Waals surface area contributed by atoms with Crippen LogP contribution < -0.4 is 10.2 Å². The van der Waals surface area contributed by atoms with E-state index in [1.807, 2.05) is 0 Å². The molecule has 0 bridgehead atoms. The zero-order chi connectivity index (χ0) is 13.7. The third-order valence-corrected chi connectivity index (χ3v) is 2.95. The number of benzene rings is 2. The number of hydrogen-bond acceptors (Lipinski definition) is 4. The molecule has 1 N–H and O–H groups in total. The molecule has 0 atom stereocenters. The summed E-state index contributed by atoms with van der Waals surface area (Å²) >= 11 is 0. The average molecular weight is 261 g/mol. The molecule has 19 heavy (non-hydrogen) atoms. The molecule has 1 aliphatic carbocycles. The monoisotopic (exact) mass is 261 g/mol. The molecule has 0 unspecified atom stereocenters. The van der Waals surface area contributed by atoms with Gasteiger partial charge in [0.05, 0.1) is 6.07 Å². The Morgan fingerprint density at radius 3 is 2.79 bits per heavy atom. The minimum atomic E-state index is -1.01. The van der Waals surface area contributed by atoms with Gasteiger partial charge in [-0.15, -0.1) is 0 Å². The van der Waals surface area contributed by atoms with Crippen molar-refractivity contribution in [3.8, 4) is 17.2 Å². The maximum absolute atomic E-state index is 13.2. The van der Waals surface area contributed by atoms with Crippen molar-refractivity contribution in [1.82, 2.24) is 0 Å². The predicted octanol–water partition coefficient (Wildman–Crippen LogP) is 1.68. The van der Waals surface area contributed by atoms with Crippen molar-refractivity contribution < 1.29 is 18.6 Å². The number of aromatic hydroxyl groups is 1. The first-order valence-electron chi connectivity index (χ1n) is 5.46. The molecular weight excluding hydrogens is 253 g/mol. The van der Waals surface area contributed by atoms with Gasteiger partial charge in [0, 0.05) is 18.2 Å². The van der Waals surface area contributed by atoms with Crippen molar-refractivity contribution in [2.75, 3.05) is 0 Å². The molecule has 5 nitrogen and oxygen atoms in total. The van der Waals surface area contributed by atoms with Crippen LogP contribution in [0.25, 0.3) is 22.6 Å². The molecule has 0 radical (unpaired) electrons. The van der Waals surface area contributed by atoms with Crippen LogP contribution in [-0.2, 0) is 0 Å². The molecule has 3 rings (SSSR count). The highest BCUT2D eigenvalue weighted by atomic mass is 19.1. The second-order valence-electron chi connectivity index (χ2n) is 4.25. The van der Waals surface area contributed by atoms with Gasteiger partial charge in [-0.3, -0.25) is 4.79 Å². The summed E-state index contributed by atoms with van der Waals surface area (Å²) < 4.78 is 19.1. The Balaban J connectivity index is 2.53. The molecule has 0 fully saturated rings. The lowest BCUT2D eigenvalue weighted by Gasteiger charge is -2.10. The quantitative estimate of drug-likeness (QED) is 0.379. The summed E-state index contributed by atoms with van der Waals surface area (Å²) in [6, 6.07) is 4.47. The summed E-state index contributed by atoms with van der Waals surface area (Å²) in [5.74, 6) is -1.07. The van der Waals surface area contributed by atoms with Crippen LogP contribution in [0.3, 0.4) is 0 Å². The van der Waals surface area contributed by atoms with Gasteiger partial charge >= 0.3 is 0 Å². The van der Waals surface area contributed by atoms with Gasteiger partial charge in [-0.05, 0) is 12.5 Å². The molecule has 1 heterocycles. The van der Waals surface area contributed by atoms with Gasteiger partial charge in [-0.1, -0.05) is 0 Å². The van der Waals surface area contributed by atoms with E-state index in [9.17, 15) is 19.5 Å². The molecule has 1 aromatic carbocycles. The normalized spacial score (nSPS) is 11.3. The largest absolute Gasteiger partial charge is 0.618 e. The van der Waals surface area contributed by atoms with Crippen molar-refractivity contribution >= 4 is 11.1 Å². The summed E-state index contributed by atoms with van der Waals surface area (Å²) in [5, 5.41) is 21.7. The van der Waals surface area contributed by atoms with Gasteiger partial charge in [0.1, 0.15) is 5.75 Å². The van der Waals surface area contributed by atoms with Crippen LogP contribution in [0, 0.1) is 17.9 Å². The zero-order valence-electron chi connectivity index (χ0n) is 9.81. The Bertz CT molecular complexity index is 840. The van der Waals surface area contributed by atoms with E-state index in [-0.39, 0.29) is 28.3 Å². The van der Waals surface area contributed by atoms with Crippen LogP contribution >= 0.6 is 0 Å². The number of nitrogens with zero attached hydrogens (tertiary/aromatic N) is 1. The van der Waals surface area contributed by atoms with Crippen LogP contribution in [-0.4, -0.2) is 5.11 Å². The molecule has 0 aromatic heterocycles. The van der Waals surface area contributed by atoms with E-state index in [4.69, 9.17) is 4.42 Å². The first-order valence-corrected chi connectivity index (χ1v) is 5.46. The Morgan fingerprint density at radius 2 is 2.05 bits per heavy atom. The molecule has 0 spiro atoms. The second-order valence-corrected chi connectivity index (χ2v) is 4.25. The molecule has 0 saturated heterocycles. The summed E-state index contributed by atoms with van der Waals surface area (Å²) in [4.78, 5) is 11.2. The van der Waals surface area contributed by atoms with Gasteiger partial charge in [-0.25, -0.2) is 4.39 Å². The lowest BCUT2D eigenvalue weighted by atomic mass is 10.1. The molecule has 2 aliphatic rings. The number of hydrogen-bond donors (Lipinski definition) is 1. The number of aryl methyl sites for hydroxylation is 1. The maximum atomic E-state index is 13.2. The Kier molecular flexibility index (Phi) is 2.22. The summed E-state index contributed by atoms with van der Waals surface area (Å²) in [5.41, 5.74) is -0.161. The van der Waals surface area contributed by atoms with E-state index in [1.165, 1.54) is 12.1 Å². The van der Waals surface area contributed by atoms with Gasteiger partial charge < -0.3 is 14.7 Å². The molecule has 6 heteroatoms. The van der Waals surface area contributed by atoms with E-state index in [0.29, 0.717) is 10.3 Å². The standard InChI is InChI=1S/C13H8FNO4/c1-6-2-8-12(4-10(6)16)19-13-5-11(17)7(14)3-9(13)15(8)18/h2-5,16H,1H3. The molecule has 1 aromatic rings. The van der Waals surface area contributed by atoms with E-state index in [1.54, 1.807) is 6.92 Å². The lowest BCUT2D eigenvalue weighted by Crippen LogP contribution is -2.31. The molecule has 0 amide bonds. The summed E-state index contributed by atoms with van der Waals surface area (Å²) in [6.45, 7) is 1.63. The highest BCUT2D eigenvalue weighted by molar-refractivity contribution is 5.75. The second kappa shape index (κ2) is 3.68. The smallest absolute Gasteiger partial charge is 0.263 e. The first kappa shape index (κ1) is 11.5. The SMILES string of the molecule is Cc1cc2c(cc1O)oc1cc(=O)c(F)cc-1[n+]2[O-]. The topological polar surface area (TPSA) is 77.4 Å². The zero-order valence-corrected chi connectivity index (χ0v) is 9.81. The van der Waals surface area contributed by atoms with Crippen molar-refractivity contribution in [2.45, 2.75) is 6.92 Å². The minimum absolute atomic E-state index is 0.0277. The highest BCUT2D eigenvalue weighted by Gasteiger charge is 2.22. The third kappa shape index (κ3) is 1.61. The van der Waals surface area contributed by atoms with E-state index in [0.717, 1.165) is 12.1 Å². The van der Waals surface area contributed by atoms with Gasteiger partial charge in [0.25, 0.3) is 11.2 Å². The molecule has 0 saturated carbocycles. The Hall–Kier alpha value is -2.63. The maximum Gasteiger partial charge on any atom is 0.263 e. The number of phenolic OH excluding ortho intramolecular Hbond substituents is 1. The first-order chi connectivity index (χ1) is 8.97. The van der Waals surface area contributed by atoms with Gasteiger partial charge in [-0.2, -0.15) is 4.73 Å². The molecule has 96 valence electrons. The van der Waals surface area contributed by atoms with Crippen LogP contribution in [0.5, 0.6) is 5.75 Å². The van der Waals surface area contributed by atoms with Crippen molar-refractivity contribution in [2.24, 2.45) is 0 Å². The fraction of sp³-hybridized carbons (Fsp3) is 0.0769. The average Bonchev–Trinajstić information content (AvgIpc) is 2.35. The Labute approximate surface area is 106 Å². The summed E-state index contributed by atoms with van der Waals surface area (Å²) in [6.07, 6.45) is 0. The number of halogens is 1. The van der Waals surface area contributed by atoms with Crippen LogP contribution in [0.1, 0.15) is 5.56 Å². The van der Waals surface area contributed by atoms with Crippen molar-refractivity contribution in [3.05, 3.63) is 51.1 Å². The number of aromatic nitrogens is 1. The minimum Gasteiger partial charge on any atom is -0.618 e. The van der Waals surface area contributed by atoms with Crippen LogP contribution in [0.2, 0.25) is 0 Å². The fourth-order valence-corrected chi connectivity index (χ4v) is 1.92. The van der Waals surface area contributed by atoms with Gasteiger partial charge in [0.15, 0.2) is 5.82 Å². The molecule has 1 aliphatic heterocycles. The van der Waals surface area contributed by atoms with Crippen LogP contribution in [0.15, 0.2) is 33.5 Å². The number of fused-ring (bicyclic) bond motifs is 2. The highest BCUT2D eigenvalue weighted by Crippen LogP contribution is 2.27. The fourth-order valence-electron chi connectivity index (χ4n) is 1.92. The Morgan fingerprint density at radius 1 is 1.32 bits per heavy atom. The summed E-state index contributed by atoms with van der Waals surface area (Å²) in [7, 11) is 0. The lowest BCUT2D eigenvalue weighted by molar-refractivity contribution is -0.566.